The van der Waals surface area contributed by atoms with Crippen LogP contribution in [-0.2, 0) is 16.0 Å². The molecule has 0 aliphatic carbocycles. The Morgan fingerprint density at radius 2 is 1.88 bits per heavy atom. The van der Waals surface area contributed by atoms with Gasteiger partial charge in [-0.15, -0.1) is 0 Å². The maximum Gasteiger partial charge on any atom is 0.269 e. The van der Waals surface area contributed by atoms with E-state index >= 15 is 0 Å². The Bertz CT molecular complexity index is 1170. The molecule has 2 aliphatic heterocycles. The molecule has 1 saturated heterocycles. The van der Waals surface area contributed by atoms with E-state index < -0.39 is 29.7 Å². The van der Waals surface area contributed by atoms with Crippen molar-refractivity contribution in [3.63, 3.8) is 0 Å². The van der Waals surface area contributed by atoms with Gasteiger partial charge >= 0.3 is 0 Å². The molecule has 176 valence electrons. The number of amides is 5. The normalized spacial score (nSPS) is 17.5. The Balaban J connectivity index is 1.34. The first-order valence-corrected chi connectivity index (χ1v) is 11.0. The number of carbonyl (C=O) groups excluding carboxylic acids is 5. The van der Waals surface area contributed by atoms with Crippen LogP contribution in [0.4, 0.5) is 5.69 Å². The SMILES string of the molecule is CN(C)c1ccc(C(=O)NCCCc2ccc3c(c2)C(=O)N(C2CCC(=O)NC2=O)C3=O)nc1. The van der Waals surface area contributed by atoms with Crippen LogP contribution in [0.3, 0.4) is 0 Å². The van der Waals surface area contributed by atoms with Crippen LogP contribution in [0.15, 0.2) is 36.5 Å². The van der Waals surface area contributed by atoms with Gasteiger partial charge in [-0.3, -0.25) is 34.2 Å². The lowest BCUT2D eigenvalue weighted by Crippen LogP contribution is -2.54. The maximum absolute atomic E-state index is 12.9. The standard InChI is InChI=1S/C24H25N5O5/c1-28(2)15-6-8-18(26-13-15)21(31)25-11-3-4-14-5-7-16-17(12-14)24(34)29(23(16)33)19-9-10-20(30)27-22(19)32/h5-8,12-13,19H,3-4,9-11H2,1-2H3,(H,25,31)(H,27,30,32). The summed E-state index contributed by atoms with van der Waals surface area (Å²) < 4.78 is 0. The molecule has 0 saturated carbocycles. The highest BCUT2D eigenvalue weighted by Crippen LogP contribution is 2.28. The molecule has 0 spiro atoms. The third kappa shape index (κ3) is 4.52. The van der Waals surface area contributed by atoms with E-state index in [1.165, 1.54) is 0 Å². The van der Waals surface area contributed by atoms with Crippen molar-refractivity contribution in [2.24, 2.45) is 0 Å². The molecule has 10 heteroatoms. The summed E-state index contributed by atoms with van der Waals surface area (Å²) >= 11 is 0. The summed E-state index contributed by atoms with van der Waals surface area (Å²) in [4.78, 5) is 68.5. The quantitative estimate of drug-likeness (QED) is 0.461. The van der Waals surface area contributed by atoms with Crippen molar-refractivity contribution in [2.45, 2.75) is 31.7 Å². The maximum atomic E-state index is 12.9. The van der Waals surface area contributed by atoms with E-state index in [4.69, 9.17) is 0 Å². The molecule has 10 nitrogen and oxygen atoms in total. The molecule has 1 aromatic carbocycles. The number of imide groups is 2. The molecule has 3 heterocycles. The molecular formula is C24H25N5O5. The first kappa shape index (κ1) is 23.1. The van der Waals surface area contributed by atoms with Gasteiger partial charge in [-0.1, -0.05) is 6.07 Å². The zero-order valence-corrected chi connectivity index (χ0v) is 19.0. The second-order valence-electron chi connectivity index (χ2n) is 8.48. The molecule has 0 radical (unpaired) electrons. The predicted octanol–water partition coefficient (Wildman–Crippen LogP) is 0.911. The van der Waals surface area contributed by atoms with Crippen LogP contribution >= 0.6 is 0 Å². The van der Waals surface area contributed by atoms with Crippen molar-refractivity contribution in [1.29, 1.82) is 0 Å². The van der Waals surface area contributed by atoms with Gasteiger partial charge in [0.25, 0.3) is 17.7 Å². The lowest BCUT2D eigenvalue weighted by molar-refractivity contribution is -0.136. The van der Waals surface area contributed by atoms with Gasteiger partial charge in [-0.2, -0.15) is 0 Å². The van der Waals surface area contributed by atoms with Crippen LogP contribution in [0.1, 0.15) is 56.0 Å². The van der Waals surface area contributed by atoms with Gasteiger partial charge in [0.1, 0.15) is 11.7 Å². The molecule has 1 unspecified atom stereocenters. The third-order valence-corrected chi connectivity index (χ3v) is 5.93. The topological polar surface area (TPSA) is 129 Å². The Kier molecular flexibility index (Phi) is 6.40. The van der Waals surface area contributed by atoms with E-state index in [9.17, 15) is 24.0 Å². The highest BCUT2D eigenvalue weighted by atomic mass is 16.2. The zero-order chi connectivity index (χ0) is 24.4. The fourth-order valence-corrected chi connectivity index (χ4v) is 4.04. The summed E-state index contributed by atoms with van der Waals surface area (Å²) in [6.45, 7) is 0.419. The minimum Gasteiger partial charge on any atom is -0.376 e. The number of nitrogens with zero attached hydrogens (tertiary/aromatic N) is 3. The lowest BCUT2D eigenvalue weighted by Gasteiger charge is -2.27. The van der Waals surface area contributed by atoms with Crippen molar-refractivity contribution in [1.82, 2.24) is 20.5 Å². The lowest BCUT2D eigenvalue weighted by atomic mass is 10.0. The number of benzene rings is 1. The summed E-state index contributed by atoms with van der Waals surface area (Å²) in [5.74, 6) is -2.36. The Morgan fingerprint density at radius 3 is 2.56 bits per heavy atom. The van der Waals surface area contributed by atoms with Gasteiger partial charge < -0.3 is 10.2 Å². The van der Waals surface area contributed by atoms with Crippen LogP contribution in [0.2, 0.25) is 0 Å². The summed E-state index contributed by atoms with van der Waals surface area (Å²) in [5, 5.41) is 5.01. The second-order valence-corrected chi connectivity index (χ2v) is 8.48. The fraction of sp³-hybridized carbons (Fsp3) is 0.333. The van der Waals surface area contributed by atoms with Crippen LogP contribution in [-0.4, -0.2) is 66.1 Å². The minimum atomic E-state index is -0.982. The first-order valence-electron chi connectivity index (χ1n) is 11.0. The van der Waals surface area contributed by atoms with Gasteiger partial charge in [-0.05, 0) is 49.1 Å². The fourth-order valence-electron chi connectivity index (χ4n) is 4.04. The van der Waals surface area contributed by atoms with Crippen molar-refractivity contribution in [3.8, 4) is 0 Å². The molecule has 0 bridgehead atoms. The van der Waals surface area contributed by atoms with Crippen LogP contribution in [0.5, 0.6) is 0 Å². The van der Waals surface area contributed by atoms with E-state index in [1.807, 2.05) is 25.1 Å². The van der Waals surface area contributed by atoms with Gasteiger partial charge in [0.15, 0.2) is 0 Å². The number of fused-ring (bicyclic) bond motifs is 1. The largest absolute Gasteiger partial charge is 0.376 e. The molecule has 2 aromatic rings. The van der Waals surface area contributed by atoms with Crippen molar-refractivity contribution in [3.05, 3.63) is 58.9 Å². The van der Waals surface area contributed by atoms with Crippen molar-refractivity contribution >= 4 is 35.2 Å². The Hall–Kier alpha value is -4.08. The zero-order valence-electron chi connectivity index (χ0n) is 19.0. The molecule has 5 amide bonds. The predicted molar refractivity (Wildman–Crippen MR) is 122 cm³/mol. The average Bonchev–Trinajstić information content (AvgIpc) is 3.06. The van der Waals surface area contributed by atoms with Gasteiger partial charge in [0.2, 0.25) is 11.8 Å². The minimum absolute atomic E-state index is 0.0795. The Labute approximate surface area is 196 Å². The monoisotopic (exact) mass is 463 g/mol. The molecule has 1 aromatic heterocycles. The number of hydrogen-bond acceptors (Lipinski definition) is 7. The van der Waals surface area contributed by atoms with Gasteiger partial charge in [0.05, 0.1) is 23.0 Å². The summed E-state index contributed by atoms with van der Waals surface area (Å²) in [5.41, 5.74) is 2.58. The number of piperidine rings is 1. The number of nitrogens with one attached hydrogen (secondary N) is 2. The van der Waals surface area contributed by atoms with E-state index in [-0.39, 0.29) is 29.9 Å². The number of aryl methyl sites for hydroxylation is 1. The van der Waals surface area contributed by atoms with Crippen LogP contribution < -0.4 is 15.5 Å². The number of rotatable bonds is 7. The second kappa shape index (κ2) is 9.42. The molecule has 4 rings (SSSR count). The molecular weight excluding hydrogens is 438 g/mol. The van der Waals surface area contributed by atoms with Gasteiger partial charge in [0, 0.05) is 27.1 Å². The number of anilines is 1. The highest BCUT2D eigenvalue weighted by molar-refractivity contribution is 6.23. The smallest absolute Gasteiger partial charge is 0.269 e. The molecule has 2 N–H and O–H groups in total. The summed E-state index contributed by atoms with van der Waals surface area (Å²) in [7, 11) is 3.79. The van der Waals surface area contributed by atoms with Crippen molar-refractivity contribution < 1.29 is 24.0 Å². The van der Waals surface area contributed by atoms with Crippen LogP contribution in [0.25, 0.3) is 0 Å². The molecule has 2 aliphatic rings. The van der Waals surface area contributed by atoms with E-state index in [0.29, 0.717) is 25.1 Å². The molecule has 34 heavy (non-hydrogen) atoms. The highest BCUT2D eigenvalue weighted by Gasteiger charge is 2.44. The van der Waals surface area contributed by atoms with Crippen molar-refractivity contribution in [2.75, 3.05) is 25.5 Å². The number of pyridine rings is 1. The first-order chi connectivity index (χ1) is 16.3. The summed E-state index contributed by atoms with van der Waals surface area (Å²) in [6, 6.07) is 7.52. The van der Waals surface area contributed by atoms with E-state index in [2.05, 4.69) is 15.6 Å². The Morgan fingerprint density at radius 1 is 1.12 bits per heavy atom. The summed E-state index contributed by atoms with van der Waals surface area (Å²) in [6.07, 6.45) is 3.04. The number of aromatic nitrogens is 1. The average molecular weight is 463 g/mol. The van der Waals surface area contributed by atoms with Crippen LogP contribution in [0, 0.1) is 0 Å². The van der Waals surface area contributed by atoms with E-state index in [0.717, 1.165) is 16.2 Å². The third-order valence-electron chi connectivity index (χ3n) is 5.93. The number of carbonyl (C=O) groups is 5. The van der Waals surface area contributed by atoms with Gasteiger partial charge in [-0.25, -0.2) is 4.98 Å². The van der Waals surface area contributed by atoms with E-state index in [1.54, 1.807) is 30.5 Å². The molecule has 1 atom stereocenters. The molecule has 1 fully saturated rings. The number of hydrogen-bond donors (Lipinski definition) is 2.